The lowest BCUT2D eigenvalue weighted by molar-refractivity contribution is -0.113. The van der Waals surface area contributed by atoms with E-state index in [1.807, 2.05) is 37.3 Å². The van der Waals surface area contributed by atoms with E-state index in [2.05, 4.69) is 0 Å². The van der Waals surface area contributed by atoms with E-state index >= 15 is 0 Å². The predicted octanol–water partition coefficient (Wildman–Crippen LogP) is 7.52. The van der Waals surface area contributed by atoms with Gasteiger partial charge in [0, 0.05) is 0 Å². The van der Waals surface area contributed by atoms with Crippen molar-refractivity contribution in [2.75, 3.05) is 11.5 Å². The number of amides is 1. The number of anilines is 1. The number of hydrogen-bond donors (Lipinski definition) is 0. The first kappa shape index (κ1) is 24.5. The predicted molar refractivity (Wildman–Crippen MR) is 140 cm³/mol. The lowest BCUT2D eigenvalue weighted by atomic mass is 10.1. The second-order valence-corrected chi connectivity index (χ2v) is 9.64. The van der Waals surface area contributed by atoms with Gasteiger partial charge in [-0.1, -0.05) is 77.5 Å². The Balaban J connectivity index is 1.61. The molecule has 0 aliphatic carbocycles. The van der Waals surface area contributed by atoms with Crippen LogP contribution in [0.1, 0.15) is 18.1 Å². The van der Waals surface area contributed by atoms with Crippen LogP contribution < -0.4 is 14.4 Å². The fourth-order valence-electron chi connectivity index (χ4n) is 3.27. The number of thioether (sulfide) groups is 1. The van der Waals surface area contributed by atoms with Crippen molar-refractivity contribution in [3.63, 3.8) is 0 Å². The van der Waals surface area contributed by atoms with Crippen molar-refractivity contribution in [2.45, 2.75) is 13.5 Å². The molecule has 4 rings (SSSR count). The van der Waals surface area contributed by atoms with Gasteiger partial charge in [-0.3, -0.25) is 9.69 Å². The van der Waals surface area contributed by atoms with Crippen molar-refractivity contribution >= 4 is 69.2 Å². The molecule has 0 saturated carbocycles. The molecule has 0 radical (unpaired) electrons. The number of benzene rings is 3. The second kappa shape index (κ2) is 10.8. The molecule has 1 amide bonds. The highest BCUT2D eigenvalue weighted by Crippen LogP contribution is 2.41. The first-order chi connectivity index (χ1) is 16.4. The molecular formula is C25H18Cl2FNO3S2. The van der Waals surface area contributed by atoms with Crippen molar-refractivity contribution < 1.29 is 18.7 Å². The van der Waals surface area contributed by atoms with Crippen LogP contribution in [0.3, 0.4) is 0 Å². The first-order valence-electron chi connectivity index (χ1n) is 10.2. The summed E-state index contributed by atoms with van der Waals surface area (Å²) in [4.78, 5) is 14.8. The van der Waals surface area contributed by atoms with E-state index < -0.39 is 5.82 Å². The molecule has 0 atom stereocenters. The van der Waals surface area contributed by atoms with Crippen LogP contribution in [-0.2, 0) is 11.4 Å². The van der Waals surface area contributed by atoms with Crippen LogP contribution in [0.15, 0.2) is 65.6 Å². The molecule has 0 spiro atoms. The molecule has 0 bridgehead atoms. The third kappa shape index (κ3) is 5.39. The Morgan fingerprint density at radius 1 is 1.06 bits per heavy atom. The lowest BCUT2D eigenvalue weighted by Crippen LogP contribution is -2.27. The van der Waals surface area contributed by atoms with Crippen molar-refractivity contribution in [1.29, 1.82) is 0 Å². The van der Waals surface area contributed by atoms with Gasteiger partial charge in [0.05, 0.1) is 27.2 Å². The van der Waals surface area contributed by atoms with Gasteiger partial charge in [-0.15, -0.1) is 0 Å². The molecule has 3 aromatic rings. The van der Waals surface area contributed by atoms with Gasteiger partial charge in [0.25, 0.3) is 5.91 Å². The summed E-state index contributed by atoms with van der Waals surface area (Å²) in [7, 11) is 0. The maximum atomic E-state index is 13.5. The van der Waals surface area contributed by atoms with Gasteiger partial charge < -0.3 is 9.47 Å². The van der Waals surface area contributed by atoms with Crippen molar-refractivity contribution in [3.8, 4) is 11.5 Å². The molecular weight excluding hydrogens is 516 g/mol. The van der Waals surface area contributed by atoms with E-state index in [9.17, 15) is 9.18 Å². The Bertz CT molecular complexity index is 1280. The molecule has 174 valence electrons. The highest BCUT2D eigenvalue weighted by Gasteiger charge is 2.33. The van der Waals surface area contributed by atoms with Crippen LogP contribution in [0.25, 0.3) is 6.08 Å². The minimum atomic E-state index is -0.570. The maximum Gasteiger partial charge on any atom is 0.270 e. The van der Waals surface area contributed by atoms with Gasteiger partial charge in [-0.05, 0) is 54.5 Å². The van der Waals surface area contributed by atoms with Crippen LogP contribution in [0, 0.1) is 5.82 Å². The zero-order chi connectivity index (χ0) is 24.2. The molecule has 1 saturated heterocycles. The first-order valence-corrected chi connectivity index (χ1v) is 12.2. The minimum absolute atomic E-state index is 0.0882. The Kier molecular flexibility index (Phi) is 7.78. The Morgan fingerprint density at radius 2 is 1.82 bits per heavy atom. The number of carbonyl (C=O) groups is 1. The summed E-state index contributed by atoms with van der Waals surface area (Å²) in [6.07, 6.45) is 1.68. The van der Waals surface area contributed by atoms with Gasteiger partial charge in [0.1, 0.15) is 12.4 Å². The number of carbonyl (C=O) groups excluding carboxylic acids is 1. The van der Waals surface area contributed by atoms with Gasteiger partial charge in [-0.2, -0.15) is 0 Å². The van der Waals surface area contributed by atoms with E-state index in [0.29, 0.717) is 50.2 Å². The molecule has 0 unspecified atom stereocenters. The number of hydrogen-bond acceptors (Lipinski definition) is 5. The van der Waals surface area contributed by atoms with Crippen LogP contribution in [0.2, 0.25) is 10.0 Å². The standard InChI is InChI=1S/C25H18Cl2FNO3S2/c1-2-31-21-11-16(10-19(27)23(21)32-14-15-6-4-3-5-7-15)12-22-24(30)29(25(33)34-22)17-8-9-20(28)18(26)13-17/h3-13H,2,14H2,1H3/b22-12+. The number of thiocarbonyl (C=S) groups is 1. The number of halogens is 3. The molecule has 34 heavy (non-hydrogen) atoms. The summed E-state index contributed by atoms with van der Waals surface area (Å²) in [6, 6.07) is 17.2. The Hall–Kier alpha value is -2.58. The minimum Gasteiger partial charge on any atom is -0.490 e. The van der Waals surface area contributed by atoms with E-state index in [1.165, 1.54) is 23.1 Å². The Labute approximate surface area is 216 Å². The van der Waals surface area contributed by atoms with Crippen LogP contribution >= 0.6 is 47.2 Å². The molecule has 1 fully saturated rings. The summed E-state index contributed by atoms with van der Waals surface area (Å²) >= 11 is 18.9. The fourth-order valence-corrected chi connectivity index (χ4v) is 5.02. The fraction of sp³-hybridized carbons (Fsp3) is 0.120. The Morgan fingerprint density at radius 3 is 2.53 bits per heavy atom. The molecule has 9 heteroatoms. The van der Waals surface area contributed by atoms with Gasteiger partial charge in [0.15, 0.2) is 15.8 Å². The molecule has 1 aliphatic heterocycles. The average molecular weight is 534 g/mol. The van der Waals surface area contributed by atoms with Crippen LogP contribution in [0.5, 0.6) is 11.5 Å². The SMILES string of the molecule is CCOc1cc(/C=C2/SC(=S)N(c3ccc(F)c(Cl)c3)C2=O)cc(Cl)c1OCc1ccccc1. The summed E-state index contributed by atoms with van der Waals surface area (Å²) in [5.41, 5.74) is 2.04. The van der Waals surface area contributed by atoms with Crippen molar-refractivity contribution in [3.05, 3.63) is 92.6 Å². The average Bonchev–Trinajstić information content (AvgIpc) is 3.08. The highest BCUT2D eigenvalue weighted by atomic mass is 35.5. The number of nitrogens with zero attached hydrogens (tertiary/aromatic N) is 1. The number of ether oxygens (including phenoxy) is 2. The van der Waals surface area contributed by atoms with Crippen LogP contribution in [0.4, 0.5) is 10.1 Å². The number of rotatable bonds is 7. The molecule has 0 N–H and O–H groups in total. The van der Waals surface area contributed by atoms with Gasteiger partial charge in [0.2, 0.25) is 0 Å². The topological polar surface area (TPSA) is 38.8 Å². The summed E-state index contributed by atoms with van der Waals surface area (Å²) in [6.45, 7) is 2.61. The second-order valence-electron chi connectivity index (χ2n) is 7.15. The molecule has 0 aromatic heterocycles. The molecule has 3 aromatic carbocycles. The zero-order valence-corrected chi connectivity index (χ0v) is 21.0. The zero-order valence-electron chi connectivity index (χ0n) is 17.9. The lowest BCUT2D eigenvalue weighted by Gasteiger charge is -2.15. The quantitative estimate of drug-likeness (QED) is 0.232. The third-order valence-electron chi connectivity index (χ3n) is 4.81. The molecule has 1 heterocycles. The van der Waals surface area contributed by atoms with Crippen molar-refractivity contribution in [2.24, 2.45) is 0 Å². The largest absolute Gasteiger partial charge is 0.490 e. The normalized spacial score (nSPS) is 14.7. The summed E-state index contributed by atoms with van der Waals surface area (Å²) in [5.74, 6) is -0.00812. The van der Waals surface area contributed by atoms with Crippen molar-refractivity contribution in [1.82, 2.24) is 0 Å². The van der Waals surface area contributed by atoms with E-state index in [4.69, 9.17) is 44.9 Å². The maximum absolute atomic E-state index is 13.5. The monoisotopic (exact) mass is 533 g/mol. The highest BCUT2D eigenvalue weighted by molar-refractivity contribution is 8.27. The van der Waals surface area contributed by atoms with Gasteiger partial charge >= 0.3 is 0 Å². The van der Waals surface area contributed by atoms with E-state index in [0.717, 1.165) is 17.3 Å². The summed E-state index contributed by atoms with van der Waals surface area (Å²) in [5, 5.41) is 0.267. The summed E-state index contributed by atoms with van der Waals surface area (Å²) < 4.78 is 25.6. The van der Waals surface area contributed by atoms with Crippen LogP contribution in [-0.4, -0.2) is 16.8 Å². The smallest absolute Gasteiger partial charge is 0.270 e. The molecule has 4 nitrogen and oxygen atoms in total. The van der Waals surface area contributed by atoms with E-state index in [-0.39, 0.29) is 10.9 Å². The van der Waals surface area contributed by atoms with Gasteiger partial charge in [-0.25, -0.2) is 4.39 Å². The molecule has 1 aliphatic rings. The third-order valence-corrected chi connectivity index (χ3v) is 6.68. The van der Waals surface area contributed by atoms with E-state index in [1.54, 1.807) is 18.2 Å².